The van der Waals surface area contributed by atoms with E-state index >= 15 is 0 Å². The number of fused-ring (bicyclic) bond motifs is 1. The molecule has 1 heterocycles. The van der Waals surface area contributed by atoms with Gasteiger partial charge in [0.1, 0.15) is 11.9 Å². The molecule has 0 aromatic heterocycles. The Hall–Kier alpha value is -4.01. The van der Waals surface area contributed by atoms with E-state index in [2.05, 4.69) is 10.0 Å². The number of urea groups is 1. The van der Waals surface area contributed by atoms with Crippen molar-refractivity contribution in [3.8, 4) is 5.75 Å². The van der Waals surface area contributed by atoms with Crippen LogP contribution >= 0.6 is 11.6 Å². The number of alkyl halides is 3. The van der Waals surface area contributed by atoms with Crippen LogP contribution < -0.4 is 14.8 Å². The topological polar surface area (TPSA) is 128 Å². The van der Waals surface area contributed by atoms with E-state index in [1.807, 2.05) is 6.92 Å². The molecule has 3 amide bonds. The molecule has 3 aromatic carbocycles. The summed E-state index contributed by atoms with van der Waals surface area (Å²) in [5.41, 5.74) is -0.112. The van der Waals surface area contributed by atoms with E-state index in [1.54, 1.807) is 6.92 Å². The van der Waals surface area contributed by atoms with Gasteiger partial charge in [-0.25, -0.2) is 13.2 Å². The Balaban J connectivity index is 1.58. The quantitative estimate of drug-likeness (QED) is 0.289. The normalized spacial score (nSPS) is 17.9. The highest BCUT2D eigenvalue weighted by Gasteiger charge is 2.33. The second-order valence-corrected chi connectivity index (χ2v) is 13.3. The van der Waals surface area contributed by atoms with Gasteiger partial charge in [0, 0.05) is 41.5 Å². The maximum Gasteiger partial charge on any atom is 0.416 e. The summed E-state index contributed by atoms with van der Waals surface area (Å²) >= 11 is 5.89. The average molecular weight is 683 g/mol. The molecule has 0 saturated heterocycles. The van der Waals surface area contributed by atoms with Crippen LogP contribution in [0.2, 0.25) is 5.02 Å². The second-order valence-electron chi connectivity index (χ2n) is 11.2. The number of sulfonamides is 1. The highest BCUT2D eigenvalue weighted by Crippen LogP contribution is 2.31. The van der Waals surface area contributed by atoms with Gasteiger partial charge in [-0.05, 0) is 73.7 Å². The molecule has 0 unspecified atom stereocenters. The highest BCUT2D eigenvalue weighted by atomic mass is 35.5. The number of likely N-dealkylation sites (N-methyl/N-ethyl adjacent to an activating group) is 1. The number of anilines is 2. The maximum absolute atomic E-state index is 13.5. The lowest BCUT2D eigenvalue weighted by atomic mass is 10.0. The van der Waals surface area contributed by atoms with Crippen molar-refractivity contribution >= 4 is 44.9 Å². The number of benzene rings is 3. The zero-order valence-corrected chi connectivity index (χ0v) is 26.8. The zero-order chi connectivity index (χ0) is 33.8. The van der Waals surface area contributed by atoms with Gasteiger partial charge in [0.05, 0.1) is 36.1 Å². The predicted octanol–water partition coefficient (Wildman–Crippen LogP) is 5.47. The minimum absolute atomic E-state index is 0.0118. The van der Waals surface area contributed by atoms with Gasteiger partial charge in [-0.3, -0.25) is 9.52 Å². The summed E-state index contributed by atoms with van der Waals surface area (Å²) in [5.74, 6) is -0.368. The number of carbonyl (C=O) groups excluding carboxylic acids is 2. The summed E-state index contributed by atoms with van der Waals surface area (Å²) in [6, 6.07) is 13.1. The van der Waals surface area contributed by atoms with Gasteiger partial charge in [0.25, 0.3) is 10.0 Å². The third-order valence-corrected chi connectivity index (χ3v) is 9.21. The lowest BCUT2D eigenvalue weighted by Gasteiger charge is -2.34. The molecule has 3 aromatic rings. The van der Waals surface area contributed by atoms with Gasteiger partial charge in [0.2, 0.25) is 5.91 Å². The van der Waals surface area contributed by atoms with Crippen molar-refractivity contribution in [2.24, 2.45) is 5.92 Å². The van der Waals surface area contributed by atoms with Gasteiger partial charge in [-0.1, -0.05) is 18.5 Å². The molecule has 1 aliphatic rings. The van der Waals surface area contributed by atoms with Crippen molar-refractivity contribution in [3.05, 3.63) is 82.9 Å². The summed E-state index contributed by atoms with van der Waals surface area (Å²) in [4.78, 5) is 29.3. The van der Waals surface area contributed by atoms with Crippen molar-refractivity contribution < 1.29 is 41.0 Å². The number of rotatable bonds is 8. The number of carbonyl (C=O) groups is 2. The number of halogens is 4. The molecule has 3 atom stereocenters. The lowest BCUT2D eigenvalue weighted by molar-refractivity contribution is -0.137. The number of nitrogens with zero attached hydrogens (tertiary/aromatic N) is 2. The molecule has 0 radical (unpaired) electrons. The van der Waals surface area contributed by atoms with Crippen molar-refractivity contribution in [1.82, 2.24) is 9.80 Å². The molecule has 1 aliphatic heterocycles. The Labute approximate surface area is 270 Å². The number of nitrogens with one attached hydrogen (secondary N) is 2. The van der Waals surface area contributed by atoms with E-state index in [-0.39, 0.29) is 54.2 Å². The van der Waals surface area contributed by atoms with Crippen LogP contribution in [0.5, 0.6) is 5.75 Å². The Kier molecular flexibility index (Phi) is 10.7. The molecule has 4 rings (SSSR count). The maximum atomic E-state index is 13.5. The molecule has 0 bridgehead atoms. The first-order chi connectivity index (χ1) is 21.6. The summed E-state index contributed by atoms with van der Waals surface area (Å²) in [6.45, 7) is 3.43. The van der Waals surface area contributed by atoms with Crippen LogP contribution in [0.15, 0.2) is 71.6 Å². The molecule has 0 aliphatic carbocycles. The van der Waals surface area contributed by atoms with Crippen LogP contribution in [0.3, 0.4) is 0 Å². The Morgan fingerprint density at radius 1 is 1.11 bits per heavy atom. The van der Waals surface area contributed by atoms with Gasteiger partial charge in [-0.2, -0.15) is 13.2 Å². The van der Waals surface area contributed by atoms with Gasteiger partial charge >= 0.3 is 12.2 Å². The number of amides is 3. The number of ether oxygens (including phenoxy) is 1. The fourth-order valence-electron chi connectivity index (χ4n) is 4.85. The van der Waals surface area contributed by atoms with Crippen LogP contribution in [0.1, 0.15) is 25.0 Å². The average Bonchev–Trinajstić information content (AvgIpc) is 3.04. The molecule has 0 fully saturated rings. The van der Waals surface area contributed by atoms with Crippen molar-refractivity contribution in [3.63, 3.8) is 0 Å². The van der Waals surface area contributed by atoms with Crippen LogP contribution in [0, 0.1) is 5.92 Å². The number of hydrogen-bond donors (Lipinski definition) is 3. The van der Waals surface area contributed by atoms with Crippen molar-refractivity contribution in [2.45, 2.75) is 43.5 Å². The van der Waals surface area contributed by atoms with Crippen LogP contribution in [-0.2, 0) is 27.4 Å². The fraction of sp³-hybridized carbons (Fsp3) is 0.355. The van der Waals surface area contributed by atoms with Crippen LogP contribution in [0.4, 0.5) is 29.3 Å². The molecule has 0 saturated carbocycles. The summed E-state index contributed by atoms with van der Waals surface area (Å²) in [7, 11) is -2.49. The van der Waals surface area contributed by atoms with Crippen LogP contribution in [-0.4, -0.2) is 74.2 Å². The molecule has 15 heteroatoms. The number of hydrogen-bond acceptors (Lipinski definition) is 6. The summed E-state index contributed by atoms with van der Waals surface area (Å²) in [6.07, 6.45) is -5.34. The molecule has 46 heavy (non-hydrogen) atoms. The van der Waals surface area contributed by atoms with E-state index in [4.69, 9.17) is 16.3 Å². The number of aliphatic hydroxyl groups is 1. The third-order valence-electron chi connectivity index (χ3n) is 7.56. The standard InChI is InChI=1S/C31H34ClF3N4O6S/c1-19-16-39(20(2)18-40)29(41)15-21-14-25(37-46(43,44)26-11-6-23(32)7-12-26)10-13-27(21)45-28(19)17-38(3)30(42)36-24-8-4-22(5-9-24)31(33,34)35/h4-14,19-20,28,37,40H,15-18H2,1-3H3,(H,36,42)/t19-,20-,28+/m0/s1. The molecule has 248 valence electrons. The van der Waals surface area contributed by atoms with Gasteiger partial charge in [-0.15, -0.1) is 0 Å². The molecule has 10 nitrogen and oxygen atoms in total. The van der Waals surface area contributed by atoms with Crippen molar-refractivity contribution in [1.29, 1.82) is 0 Å². The molecular formula is C31H34ClF3N4O6S. The molecule has 0 spiro atoms. The van der Waals surface area contributed by atoms with Gasteiger partial charge in [0.15, 0.2) is 0 Å². The van der Waals surface area contributed by atoms with E-state index in [1.165, 1.54) is 59.3 Å². The van der Waals surface area contributed by atoms with Crippen LogP contribution in [0.25, 0.3) is 0 Å². The lowest BCUT2D eigenvalue weighted by Crippen LogP contribution is -2.48. The van der Waals surface area contributed by atoms with E-state index in [9.17, 15) is 36.3 Å². The highest BCUT2D eigenvalue weighted by molar-refractivity contribution is 7.92. The van der Waals surface area contributed by atoms with E-state index in [0.717, 1.165) is 24.3 Å². The van der Waals surface area contributed by atoms with E-state index < -0.39 is 39.9 Å². The fourth-order valence-corrected chi connectivity index (χ4v) is 6.03. The Morgan fingerprint density at radius 2 is 1.74 bits per heavy atom. The van der Waals surface area contributed by atoms with E-state index in [0.29, 0.717) is 16.3 Å². The monoisotopic (exact) mass is 682 g/mol. The second kappa shape index (κ2) is 14.2. The molecule has 3 N–H and O–H groups in total. The Bertz CT molecular complexity index is 1660. The predicted molar refractivity (Wildman–Crippen MR) is 167 cm³/mol. The van der Waals surface area contributed by atoms with Gasteiger partial charge < -0.3 is 25.0 Å². The SMILES string of the molecule is C[C@H]1CN([C@@H](C)CO)C(=O)Cc2cc(NS(=O)(=O)c3ccc(Cl)cc3)ccc2O[C@@H]1CN(C)C(=O)Nc1ccc(C(F)(F)F)cc1. The number of aliphatic hydroxyl groups excluding tert-OH is 1. The minimum atomic E-state index is -4.51. The smallest absolute Gasteiger partial charge is 0.416 e. The first-order valence-corrected chi connectivity index (χ1v) is 16.1. The largest absolute Gasteiger partial charge is 0.488 e. The summed E-state index contributed by atoms with van der Waals surface area (Å²) in [5, 5.41) is 12.8. The zero-order valence-electron chi connectivity index (χ0n) is 25.2. The molecular weight excluding hydrogens is 649 g/mol. The third kappa shape index (κ3) is 8.62. The first-order valence-electron chi connectivity index (χ1n) is 14.2. The Morgan fingerprint density at radius 3 is 2.35 bits per heavy atom. The summed E-state index contributed by atoms with van der Waals surface area (Å²) < 4.78 is 73.6. The van der Waals surface area contributed by atoms with Crippen molar-refractivity contribution in [2.75, 3.05) is 36.8 Å². The first kappa shape index (κ1) is 34.9. The minimum Gasteiger partial charge on any atom is -0.488 e.